The molecule has 8 heteroatoms. The number of esters is 3. The van der Waals surface area contributed by atoms with Gasteiger partial charge < -0.3 is 24.6 Å². The number of carbonyl (C=O) groups excluding carboxylic acids is 3. The van der Waals surface area contributed by atoms with E-state index >= 15 is 0 Å². The van der Waals surface area contributed by atoms with Crippen LogP contribution in [0.15, 0.2) is 30.3 Å². The summed E-state index contributed by atoms with van der Waals surface area (Å²) in [5.74, 6) is -1.37. The lowest BCUT2D eigenvalue weighted by Crippen LogP contribution is -2.39. The molecule has 1 aromatic carbocycles. The Bertz CT molecular complexity index is 664. The average molecular weight is 393 g/mol. The van der Waals surface area contributed by atoms with Crippen molar-refractivity contribution in [1.82, 2.24) is 5.32 Å². The van der Waals surface area contributed by atoms with Crippen LogP contribution in [0.1, 0.15) is 36.0 Å². The molecule has 1 saturated carbocycles. The summed E-state index contributed by atoms with van der Waals surface area (Å²) in [7, 11) is 2.67. The second kappa shape index (κ2) is 10.8. The molecular weight excluding hydrogens is 366 g/mol. The monoisotopic (exact) mass is 393 g/mol. The summed E-state index contributed by atoms with van der Waals surface area (Å²) >= 11 is 0. The van der Waals surface area contributed by atoms with Crippen molar-refractivity contribution in [2.75, 3.05) is 20.8 Å². The topological polar surface area (TPSA) is 111 Å². The molecule has 4 atom stereocenters. The summed E-state index contributed by atoms with van der Waals surface area (Å²) < 4.78 is 14.6. The molecule has 1 saturated heterocycles. The van der Waals surface area contributed by atoms with Crippen molar-refractivity contribution in [1.29, 1.82) is 0 Å². The summed E-state index contributed by atoms with van der Waals surface area (Å²) in [4.78, 5) is 34.2. The third-order valence-corrected chi connectivity index (χ3v) is 4.87. The van der Waals surface area contributed by atoms with Gasteiger partial charge in [0.2, 0.25) is 0 Å². The molecule has 1 heterocycles. The first-order chi connectivity index (χ1) is 13.5. The number of aliphatic hydroxyl groups excluding tert-OH is 1. The minimum atomic E-state index is -0.576. The van der Waals surface area contributed by atoms with E-state index in [1.54, 1.807) is 24.3 Å². The van der Waals surface area contributed by atoms with Crippen LogP contribution < -0.4 is 5.32 Å². The SMILES string of the molecule is COC(=O)[C@H]1CCC[C@H]1OC(=O)c1ccccc1.COC(=O)[C@H]1NCC[C@H]1O. The van der Waals surface area contributed by atoms with Crippen LogP contribution in [0.3, 0.4) is 0 Å². The number of benzene rings is 1. The van der Waals surface area contributed by atoms with Gasteiger partial charge in [-0.25, -0.2) is 4.79 Å². The molecule has 8 nitrogen and oxygen atoms in total. The largest absolute Gasteiger partial charge is 0.469 e. The van der Waals surface area contributed by atoms with Crippen LogP contribution >= 0.6 is 0 Å². The number of rotatable bonds is 4. The summed E-state index contributed by atoms with van der Waals surface area (Å²) in [6.45, 7) is 0.681. The number of hydrogen-bond donors (Lipinski definition) is 2. The zero-order valence-corrected chi connectivity index (χ0v) is 16.1. The van der Waals surface area contributed by atoms with E-state index in [1.165, 1.54) is 14.2 Å². The molecule has 0 unspecified atom stereocenters. The molecule has 0 spiro atoms. The van der Waals surface area contributed by atoms with Crippen molar-refractivity contribution in [2.45, 2.75) is 43.9 Å². The number of carbonyl (C=O) groups is 3. The minimum absolute atomic E-state index is 0.293. The Hall–Kier alpha value is -2.45. The highest BCUT2D eigenvalue weighted by atomic mass is 16.6. The van der Waals surface area contributed by atoms with Gasteiger partial charge in [0.25, 0.3) is 0 Å². The summed E-state index contributed by atoms with van der Waals surface area (Å²) in [6.07, 6.45) is 2.02. The Morgan fingerprint density at radius 2 is 1.68 bits per heavy atom. The van der Waals surface area contributed by atoms with Crippen LogP contribution in [0, 0.1) is 5.92 Å². The Morgan fingerprint density at radius 3 is 2.25 bits per heavy atom. The smallest absolute Gasteiger partial charge is 0.338 e. The van der Waals surface area contributed by atoms with Crippen molar-refractivity contribution >= 4 is 17.9 Å². The fraction of sp³-hybridized carbons (Fsp3) is 0.550. The lowest BCUT2D eigenvalue weighted by molar-refractivity contribution is -0.148. The molecular formula is C20H27NO7. The molecule has 2 aliphatic rings. The van der Waals surface area contributed by atoms with Crippen LogP contribution in [0.25, 0.3) is 0 Å². The first-order valence-electron chi connectivity index (χ1n) is 9.31. The van der Waals surface area contributed by atoms with Gasteiger partial charge in [0.15, 0.2) is 0 Å². The average Bonchev–Trinajstić information content (AvgIpc) is 3.36. The lowest BCUT2D eigenvalue weighted by atomic mass is 10.1. The van der Waals surface area contributed by atoms with E-state index in [-0.39, 0.29) is 29.9 Å². The fourth-order valence-corrected chi connectivity index (χ4v) is 3.32. The Labute approximate surface area is 164 Å². The third-order valence-electron chi connectivity index (χ3n) is 4.87. The van der Waals surface area contributed by atoms with E-state index in [0.717, 1.165) is 19.3 Å². The van der Waals surface area contributed by atoms with Gasteiger partial charge in [0.1, 0.15) is 12.1 Å². The van der Waals surface area contributed by atoms with E-state index in [2.05, 4.69) is 10.1 Å². The number of hydrogen-bond acceptors (Lipinski definition) is 8. The predicted molar refractivity (Wildman–Crippen MR) is 99.4 cm³/mol. The zero-order valence-electron chi connectivity index (χ0n) is 16.1. The van der Waals surface area contributed by atoms with Gasteiger partial charge in [-0.3, -0.25) is 9.59 Å². The second-order valence-corrected chi connectivity index (χ2v) is 6.68. The van der Waals surface area contributed by atoms with Crippen molar-refractivity contribution in [3.8, 4) is 0 Å². The normalized spacial score (nSPS) is 26.0. The second-order valence-electron chi connectivity index (χ2n) is 6.68. The molecule has 1 aliphatic heterocycles. The molecule has 28 heavy (non-hydrogen) atoms. The highest BCUT2D eigenvalue weighted by Crippen LogP contribution is 2.29. The molecule has 154 valence electrons. The van der Waals surface area contributed by atoms with Crippen molar-refractivity contribution in [3.63, 3.8) is 0 Å². The Morgan fingerprint density at radius 1 is 1.00 bits per heavy atom. The molecule has 1 aromatic rings. The van der Waals surface area contributed by atoms with Gasteiger partial charge in [-0.1, -0.05) is 18.2 Å². The molecule has 0 radical (unpaired) electrons. The quantitative estimate of drug-likeness (QED) is 0.577. The lowest BCUT2D eigenvalue weighted by Gasteiger charge is -2.18. The third kappa shape index (κ3) is 5.77. The molecule has 0 bridgehead atoms. The maximum Gasteiger partial charge on any atom is 0.338 e. The van der Waals surface area contributed by atoms with Crippen molar-refractivity contribution in [2.24, 2.45) is 5.92 Å². The molecule has 1 aliphatic carbocycles. The zero-order chi connectivity index (χ0) is 20.5. The summed E-state index contributed by atoms with van der Waals surface area (Å²) in [6, 6.07) is 8.29. The molecule has 2 N–H and O–H groups in total. The van der Waals surface area contributed by atoms with Crippen molar-refractivity contribution in [3.05, 3.63) is 35.9 Å². The van der Waals surface area contributed by atoms with E-state index in [9.17, 15) is 14.4 Å². The molecule has 3 rings (SSSR count). The first kappa shape index (κ1) is 21.8. The molecule has 0 aromatic heterocycles. The van der Waals surface area contributed by atoms with E-state index in [0.29, 0.717) is 18.5 Å². The number of methoxy groups -OCH3 is 2. The van der Waals surface area contributed by atoms with Crippen molar-refractivity contribution < 1.29 is 33.7 Å². The maximum absolute atomic E-state index is 11.9. The number of nitrogens with one attached hydrogen (secondary N) is 1. The first-order valence-corrected chi connectivity index (χ1v) is 9.31. The number of aliphatic hydroxyl groups is 1. The van der Waals surface area contributed by atoms with Crippen LogP contribution in [0.4, 0.5) is 0 Å². The molecule has 0 amide bonds. The molecule has 2 fully saturated rings. The highest BCUT2D eigenvalue weighted by Gasteiger charge is 2.36. The Kier molecular flexibility index (Phi) is 8.41. The summed E-state index contributed by atoms with van der Waals surface area (Å²) in [5.41, 5.74) is 0.507. The van der Waals surface area contributed by atoms with Crippen LogP contribution in [-0.2, 0) is 23.8 Å². The summed E-state index contributed by atoms with van der Waals surface area (Å²) in [5, 5.41) is 12.0. The standard InChI is InChI=1S/C14H16O4.C6H11NO3/c1-17-14(16)11-8-5-9-12(11)18-13(15)10-6-3-2-4-7-10;1-10-6(9)5-4(8)2-3-7-5/h2-4,6-7,11-12H,5,8-9H2,1H3;4-5,7-8H,2-3H2,1H3/t11-,12+;4-,5+/m01/s1. The van der Waals surface area contributed by atoms with E-state index < -0.39 is 12.1 Å². The van der Waals surface area contributed by atoms with Gasteiger partial charge in [-0.05, 0) is 44.4 Å². The van der Waals surface area contributed by atoms with Gasteiger partial charge in [0.05, 0.1) is 31.8 Å². The van der Waals surface area contributed by atoms with Crippen LogP contribution in [0.5, 0.6) is 0 Å². The van der Waals surface area contributed by atoms with Crippen LogP contribution in [-0.4, -0.2) is 62.0 Å². The minimum Gasteiger partial charge on any atom is -0.469 e. The fourth-order valence-electron chi connectivity index (χ4n) is 3.32. The highest BCUT2D eigenvalue weighted by molar-refractivity contribution is 5.89. The van der Waals surface area contributed by atoms with E-state index in [4.69, 9.17) is 14.6 Å². The van der Waals surface area contributed by atoms with Gasteiger partial charge in [-0.2, -0.15) is 0 Å². The Balaban J connectivity index is 0.000000237. The van der Waals surface area contributed by atoms with E-state index in [1.807, 2.05) is 6.07 Å². The van der Waals surface area contributed by atoms with Gasteiger partial charge in [-0.15, -0.1) is 0 Å². The van der Waals surface area contributed by atoms with Gasteiger partial charge >= 0.3 is 17.9 Å². The number of ether oxygens (including phenoxy) is 3. The maximum atomic E-state index is 11.9. The predicted octanol–water partition coefficient (Wildman–Crippen LogP) is 1.07. The van der Waals surface area contributed by atoms with Crippen LogP contribution in [0.2, 0.25) is 0 Å². The van der Waals surface area contributed by atoms with Gasteiger partial charge in [0, 0.05) is 0 Å².